The zero-order chi connectivity index (χ0) is 17.4. The largest absolute Gasteiger partial charge is 0.356 e. The van der Waals surface area contributed by atoms with Crippen LogP contribution in [0.3, 0.4) is 0 Å². The number of nitrogens with one attached hydrogen (secondary N) is 2. The fourth-order valence-electron chi connectivity index (χ4n) is 2.94. The van der Waals surface area contributed by atoms with Crippen molar-refractivity contribution >= 4 is 41.3 Å². The van der Waals surface area contributed by atoms with Crippen LogP contribution in [0.1, 0.15) is 42.8 Å². The average Bonchev–Trinajstić information content (AvgIpc) is 3.04. The molecule has 1 heterocycles. The number of nitrogens with zero attached hydrogens (tertiary/aromatic N) is 2. The third-order valence-corrected chi connectivity index (χ3v) is 5.75. The highest BCUT2D eigenvalue weighted by Gasteiger charge is 2.28. The lowest BCUT2D eigenvalue weighted by molar-refractivity contribution is 0.389. The molecular formula is C19H29IN4S. The summed E-state index contributed by atoms with van der Waals surface area (Å²) in [5.74, 6) is 0.838. The molecule has 25 heavy (non-hydrogen) atoms. The molecule has 2 aromatic rings. The molecule has 0 fully saturated rings. The number of aliphatic imine (C=N–C) groups is 1. The molecule has 0 aliphatic carbocycles. The molecular weight excluding hydrogens is 443 g/mol. The van der Waals surface area contributed by atoms with Crippen LogP contribution in [-0.2, 0) is 12.0 Å². The molecule has 4 nitrogen and oxygen atoms in total. The maximum atomic E-state index is 4.36. The lowest BCUT2D eigenvalue weighted by Crippen LogP contribution is -2.45. The number of hydrogen-bond acceptors (Lipinski definition) is 3. The van der Waals surface area contributed by atoms with Gasteiger partial charge in [-0.05, 0) is 25.3 Å². The van der Waals surface area contributed by atoms with Crippen LogP contribution in [0.5, 0.6) is 0 Å². The van der Waals surface area contributed by atoms with Gasteiger partial charge in [-0.25, -0.2) is 4.98 Å². The number of aromatic nitrogens is 1. The van der Waals surface area contributed by atoms with Crippen molar-refractivity contribution in [3.63, 3.8) is 0 Å². The molecule has 2 rings (SSSR count). The zero-order valence-corrected chi connectivity index (χ0v) is 18.7. The van der Waals surface area contributed by atoms with Crippen molar-refractivity contribution in [2.75, 3.05) is 13.6 Å². The maximum absolute atomic E-state index is 4.36. The number of thiazole rings is 1. The molecule has 0 spiro atoms. The van der Waals surface area contributed by atoms with Gasteiger partial charge in [-0.3, -0.25) is 4.99 Å². The van der Waals surface area contributed by atoms with Crippen molar-refractivity contribution in [2.45, 2.75) is 45.6 Å². The van der Waals surface area contributed by atoms with Crippen molar-refractivity contribution in [1.29, 1.82) is 0 Å². The quantitative estimate of drug-likeness (QED) is 0.355. The van der Waals surface area contributed by atoms with E-state index in [1.54, 1.807) is 11.3 Å². The Labute approximate surface area is 172 Å². The second-order valence-electron chi connectivity index (χ2n) is 5.99. The van der Waals surface area contributed by atoms with Gasteiger partial charge in [0.2, 0.25) is 0 Å². The van der Waals surface area contributed by atoms with Gasteiger partial charge in [0, 0.05) is 23.9 Å². The lowest BCUT2D eigenvalue weighted by atomic mass is 9.76. The van der Waals surface area contributed by atoms with E-state index >= 15 is 0 Å². The minimum Gasteiger partial charge on any atom is -0.356 e. The smallest absolute Gasteiger partial charge is 0.191 e. The molecule has 0 saturated carbocycles. The van der Waals surface area contributed by atoms with Gasteiger partial charge in [-0.15, -0.1) is 35.3 Å². The highest BCUT2D eigenvalue weighted by molar-refractivity contribution is 14.0. The first-order valence-electron chi connectivity index (χ1n) is 8.54. The van der Waals surface area contributed by atoms with Crippen molar-refractivity contribution in [2.24, 2.45) is 4.99 Å². The number of rotatable bonds is 7. The van der Waals surface area contributed by atoms with Crippen molar-refractivity contribution in [3.8, 4) is 0 Å². The number of aryl methyl sites for hydroxylation is 1. The van der Waals surface area contributed by atoms with Crippen LogP contribution in [0.25, 0.3) is 0 Å². The van der Waals surface area contributed by atoms with Gasteiger partial charge >= 0.3 is 0 Å². The van der Waals surface area contributed by atoms with E-state index < -0.39 is 0 Å². The first kappa shape index (κ1) is 21.9. The Hall–Kier alpha value is -1.15. The van der Waals surface area contributed by atoms with E-state index in [0.29, 0.717) is 0 Å². The Morgan fingerprint density at radius 2 is 1.84 bits per heavy atom. The van der Waals surface area contributed by atoms with Gasteiger partial charge in [0.25, 0.3) is 0 Å². The van der Waals surface area contributed by atoms with Gasteiger partial charge in [0.15, 0.2) is 5.96 Å². The molecule has 138 valence electrons. The summed E-state index contributed by atoms with van der Waals surface area (Å²) in [5, 5.41) is 6.91. The molecule has 1 aromatic heterocycles. The van der Waals surface area contributed by atoms with E-state index in [4.69, 9.17) is 0 Å². The first-order chi connectivity index (χ1) is 11.6. The van der Waals surface area contributed by atoms with Crippen LogP contribution in [0, 0.1) is 6.92 Å². The predicted octanol–water partition coefficient (Wildman–Crippen LogP) is 4.49. The Kier molecular flexibility index (Phi) is 9.42. The first-order valence-corrected chi connectivity index (χ1v) is 9.42. The number of halogens is 1. The van der Waals surface area contributed by atoms with Crippen LogP contribution in [0.15, 0.2) is 40.8 Å². The summed E-state index contributed by atoms with van der Waals surface area (Å²) in [7, 11) is 1.82. The molecule has 0 radical (unpaired) electrons. The Balaban J connectivity index is 0.00000312. The van der Waals surface area contributed by atoms with E-state index in [1.807, 2.05) is 19.5 Å². The molecule has 1 aromatic carbocycles. The zero-order valence-electron chi connectivity index (χ0n) is 15.5. The number of benzene rings is 1. The summed E-state index contributed by atoms with van der Waals surface area (Å²) in [6, 6.07) is 10.8. The normalized spacial score (nSPS) is 11.8. The fourth-order valence-corrected chi connectivity index (χ4v) is 3.65. The van der Waals surface area contributed by atoms with Gasteiger partial charge in [-0.2, -0.15) is 0 Å². The summed E-state index contributed by atoms with van der Waals surface area (Å²) >= 11 is 1.68. The molecule has 0 amide bonds. The minimum atomic E-state index is 0. The van der Waals surface area contributed by atoms with Crippen LogP contribution in [0.4, 0.5) is 0 Å². The molecule has 6 heteroatoms. The predicted molar refractivity (Wildman–Crippen MR) is 119 cm³/mol. The molecule has 0 atom stereocenters. The fraction of sp³-hybridized carbons (Fsp3) is 0.474. The van der Waals surface area contributed by atoms with E-state index in [-0.39, 0.29) is 29.4 Å². The van der Waals surface area contributed by atoms with Crippen molar-refractivity contribution < 1.29 is 0 Å². The van der Waals surface area contributed by atoms with Gasteiger partial charge in [0.1, 0.15) is 0 Å². The lowest BCUT2D eigenvalue weighted by Gasteiger charge is -2.33. The van der Waals surface area contributed by atoms with E-state index in [1.165, 1.54) is 10.4 Å². The highest BCUT2D eigenvalue weighted by atomic mass is 127. The van der Waals surface area contributed by atoms with Gasteiger partial charge < -0.3 is 10.6 Å². The average molecular weight is 472 g/mol. The van der Waals surface area contributed by atoms with E-state index in [0.717, 1.165) is 37.6 Å². The summed E-state index contributed by atoms with van der Waals surface area (Å²) in [6.45, 7) is 8.18. The Morgan fingerprint density at radius 3 is 2.36 bits per heavy atom. The van der Waals surface area contributed by atoms with Crippen molar-refractivity contribution in [1.82, 2.24) is 15.6 Å². The van der Waals surface area contributed by atoms with Crippen LogP contribution >= 0.6 is 35.3 Å². The van der Waals surface area contributed by atoms with Crippen LogP contribution in [-0.4, -0.2) is 24.5 Å². The summed E-state index contributed by atoms with van der Waals surface area (Å²) < 4.78 is 0. The number of hydrogen-bond donors (Lipinski definition) is 2. The monoisotopic (exact) mass is 472 g/mol. The molecule has 2 N–H and O–H groups in total. The third kappa shape index (κ3) is 5.67. The highest BCUT2D eigenvalue weighted by Crippen LogP contribution is 2.30. The van der Waals surface area contributed by atoms with Crippen molar-refractivity contribution in [3.05, 3.63) is 52.0 Å². The van der Waals surface area contributed by atoms with Gasteiger partial charge in [0.05, 0.1) is 17.7 Å². The molecule has 0 saturated heterocycles. The minimum absolute atomic E-state index is 0. The topological polar surface area (TPSA) is 49.3 Å². The summed E-state index contributed by atoms with van der Waals surface area (Å²) in [6.07, 6.45) is 2.18. The SMILES string of the molecule is CCC(CC)(CNC(=NC)NCc1scnc1C)c1ccccc1.I. The maximum Gasteiger partial charge on any atom is 0.191 e. The number of guanidine groups is 1. The second-order valence-corrected chi connectivity index (χ2v) is 6.93. The van der Waals surface area contributed by atoms with Crippen LogP contribution < -0.4 is 10.6 Å². The van der Waals surface area contributed by atoms with E-state index in [2.05, 4.69) is 64.8 Å². The molecule has 0 aliphatic heterocycles. The van der Waals surface area contributed by atoms with E-state index in [9.17, 15) is 0 Å². The third-order valence-electron chi connectivity index (χ3n) is 4.82. The Morgan fingerprint density at radius 1 is 1.16 bits per heavy atom. The van der Waals surface area contributed by atoms with Gasteiger partial charge in [-0.1, -0.05) is 44.2 Å². The van der Waals surface area contributed by atoms with Crippen LogP contribution in [0.2, 0.25) is 0 Å². The summed E-state index contributed by atoms with van der Waals surface area (Å²) in [4.78, 5) is 9.90. The molecule has 0 aliphatic rings. The second kappa shape index (κ2) is 10.8. The molecule has 0 bridgehead atoms. The Bertz CT molecular complexity index is 650. The standard InChI is InChI=1S/C19H28N4S.HI/c1-5-19(6-2,16-10-8-7-9-11-16)13-22-18(20-4)21-12-17-15(3)23-14-24-17;/h7-11,14H,5-6,12-13H2,1-4H3,(H2,20,21,22);1H. The summed E-state index contributed by atoms with van der Waals surface area (Å²) in [5.41, 5.74) is 4.48. The molecule has 0 unspecified atom stereocenters.